The number of hydrogen-bond acceptors (Lipinski definition) is 3. The van der Waals surface area contributed by atoms with E-state index in [9.17, 15) is 4.79 Å². The van der Waals surface area contributed by atoms with Crippen LogP contribution in [0, 0.1) is 5.92 Å². The molecule has 4 nitrogen and oxygen atoms in total. The molecular weight excluding hydrogens is 132 g/mol. The maximum atomic E-state index is 10.3. The minimum Gasteiger partial charge on any atom is -0.411 e. The summed E-state index contributed by atoms with van der Waals surface area (Å²) in [6.45, 7) is 3.66. The van der Waals surface area contributed by atoms with Crippen LogP contribution in [0.1, 0.15) is 20.3 Å². The van der Waals surface area contributed by atoms with Crippen molar-refractivity contribution in [3.05, 3.63) is 0 Å². The van der Waals surface area contributed by atoms with Gasteiger partial charge < -0.3 is 10.9 Å². The highest BCUT2D eigenvalue weighted by Crippen LogP contribution is 1.99. The van der Waals surface area contributed by atoms with Gasteiger partial charge in [0.1, 0.15) is 0 Å². The Bertz CT molecular complexity index is 152. The van der Waals surface area contributed by atoms with Crippen molar-refractivity contribution in [1.29, 1.82) is 0 Å². The van der Waals surface area contributed by atoms with Gasteiger partial charge >= 0.3 is 0 Å². The third kappa shape index (κ3) is 3.06. The molecule has 0 aliphatic heterocycles. The molecular formula is C6H12N2O2. The number of nitrogens with zero attached hydrogens (tertiary/aromatic N) is 1. The lowest BCUT2D eigenvalue weighted by molar-refractivity contribution is -0.116. The highest BCUT2D eigenvalue weighted by atomic mass is 16.4. The fraction of sp³-hybridized carbons (Fsp3) is 0.667. The molecule has 0 heterocycles. The number of rotatable bonds is 3. The standard InChI is InChI=1S/C6H12N2O2/c1-4(2)5(8-10)3-6(7)9/h4,10H,3H2,1-2H3,(H2,7,9). The predicted octanol–water partition coefficient (Wildman–Crippen LogP) is 0.348. The average molecular weight is 144 g/mol. The number of oxime groups is 1. The van der Waals surface area contributed by atoms with Crippen molar-refractivity contribution < 1.29 is 10.0 Å². The Morgan fingerprint density at radius 3 is 2.30 bits per heavy atom. The number of amides is 1. The van der Waals surface area contributed by atoms with Crippen LogP contribution in [0.25, 0.3) is 0 Å². The van der Waals surface area contributed by atoms with Crippen LogP contribution < -0.4 is 5.73 Å². The van der Waals surface area contributed by atoms with Gasteiger partial charge in [0, 0.05) is 0 Å². The summed E-state index contributed by atoms with van der Waals surface area (Å²) >= 11 is 0. The number of primary amides is 1. The second kappa shape index (κ2) is 3.87. The molecule has 0 aromatic carbocycles. The molecule has 0 fully saturated rings. The van der Waals surface area contributed by atoms with Crippen LogP contribution in [0.4, 0.5) is 0 Å². The van der Waals surface area contributed by atoms with E-state index in [1.807, 2.05) is 13.8 Å². The fourth-order valence-electron chi connectivity index (χ4n) is 0.533. The van der Waals surface area contributed by atoms with Gasteiger partial charge in [-0.15, -0.1) is 0 Å². The van der Waals surface area contributed by atoms with Gasteiger partial charge in [-0.3, -0.25) is 4.79 Å². The molecule has 0 rings (SSSR count). The predicted molar refractivity (Wildman–Crippen MR) is 37.9 cm³/mol. The van der Waals surface area contributed by atoms with E-state index in [-0.39, 0.29) is 12.3 Å². The van der Waals surface area contributed by atoms with Gasteiger partial charge in [0.25, 0.3) is 0 Å². The van der Waals surface area contributed by atoms with Crippen molar-refractivity contribution in [2.24, 2.45) is 16.8 Å². The van der Waals surface area contributed by atoms with E-state index in [0.29, 0.717) is 5.71 Å². The minimum atomic E-state index is -0.471. The van der Waals surface area contributed by atoms with E-state index in [4.69, 9.17) is 10.9 Å². The molecule has 10 heavy (non-hydrogen) atoms. The van der Waals surface area contributed by atoms with E-state index in [0.717, 1.165) is 0 Å². The summed E-state index contributed by atoms with van der Waals surface area (Å²) in [5, 5.41) is 11.3. The number of carbonyl (C=O) groups excluding carboxylic acids is 1. The second-order valence-corrected chi connectivity index (χ2v) is 2.39. The number of hydrogen-bond donors (Lipinski definition) is 2. The van der Waals surface area contributed by atoms with Gasteiger partial charge in [-0.2, -0.15) is 0 Å². The molecule has 0 bridgehead atoms. The lowest BCUT2D eigenvalue weighted by atomic mass is 10.1. The van der Waals surface area contributed by atoms with Crippen LogP contribution >= 0.6 is 0 Å². The number of nitrogens with two attached hydrogens (primary N) is 1. The Morgan fingerprint density at radius 2 is 2.20 bits per heavy atom. The molecule has 58 valence electrons. The maximum absolute atomic E-state index is 10.3. The SMILES string of the molecule is CC(C)C(CC(N)=O)=NO. The third-order valence-corrected chi connectivity index (χ3v) is 1.15. The summed E-state index contributed by atoms with van der Waals surface area (Å²) in [6, 6.07) is 0. The normalized spacial score (nSPS) is 12.1. The Morgan fingerprint density at radius 1 is 1.70 bits per heavy atom. The van der Waals surface area contributed by atoms with Crippen molar-refractivity contribution in [2.75, 3.05) is 0 Å². The van der Waals surface area contributed by atoms with Crippen molar-refractivity contribution in [3.8, 4) is 0 Å². The van der Waals surface area contributed by atoms with E-state index in [2.05, 4.69) is 5.16 Å². The van der Waals surface area contributed by atoms with Gasteiger partial charge in [-0.1, -0.05) is 19.0 Å². The van der Waals surface area contributed by atoms with Crippen LogP contribution in [-0.4, -0.2) is 16.8 Å². The molecule has 0 aromatic heterocycles. The van der Waals surface area contributed by atoms with Crippen LogP contribution in [0.15, 0.2) is 5.16 Å². The molecule has 0 aromatic rings. The highest BCUT2D eigenvalue weighted by Gasteiger charge is 2.08. The van der Waals surface area contributed by atoms with Gasteiger partial charge in [0.2, 0.25) is 5.91 Å². The first-order valence-electron chi connectivity index (χ1n) is 3.07. The maximum Gasteiger partial charge on any atom is 0.223 e. The van der Waals surface area contributed by atoms with Crippen LogP contribution in [0.2, 0.25) is 0 Å². The second-order valence-electron chi connectivity index (χ2n) is 2.39. The molecule has 0 aliphatic rings. The minimum absolute atomic E-state index is 0.0359. The van der Waals surface area contributed by atoms with Crippen LogP contribution in [0.3, 0.4) is 0 Å². The highest BCUT2D eigenvalue weighted by molar-refractivity contribution is 6.00. The van der Waals surface area contributed by atoms with Crippen LogP contribution in [0.5, 0.6) is 0 Å². The Labute approximate surface area is 59.7 Å². The van der Waals surface area contributed by atoms with Crippen molar-refractivity contribution >= 4 is 11.6 Å². The van der Waals surface area contributed by atoms with E-state index >= 15 is 0 Å². The smallest absolute Gasteiger partial charge is 0.223 e. The Hall–Kier alpha value is -1.06. The molecule has 3 N–H and O–H groups in total. The molecule has 0 atom stereocenters. The zero-order valence-corrected chi connectivity index (χ0v) is 6.16. The lowest BCUT2D eigenvalue weighted by Crippen LogP contribution is -2.19. The molecule has 1 amide bonds. The first-order chi connectivity index (χ1) is 4.57. The van der Waals surface area contributed by atoms with Gasteiger partial charge in [0.05, 0.1) is 12.1 Å². The fourth-order valence-corrected chi connectivity index (χ4v) is 0.533. The monoisotopic (exact) mass is 144 g/mol. The Kier molecular flexibility index (Phi) is 3.46. The van der Waals surface area contributed by atoms with E-state index in [1.54, 1.807) is 0 Å². The summed E-state index contributed by atoms with van der Waals surface area (Å²) in [5.41, 5.74) is 5.30. The van der Waals surface area contributed by atoms with Gasteiger partial charge in [0.15, 0.2) is 0 Å². The zero-order chi connectivity index (χ0) is 8.15. The largest absolute Gasteiger partial charge is 0.411 e. The summed E-state index contributed by atoms with van der Waals surface area (Å²) < 4.78 is 0. The van der Waals surface area contributed by atoms with Crippen molar-refractivity contribution in [1.82, 2.24) is 0 Å². The molecule has 4 heteroatoms. The lowest BCUT2D eigenvalue weighted by Gasteiger charge is -2.03. The van der Waals surface area contributed by atoms with Crippen LogP contribution in [-0.2, 0) is 4.79 Å². The molecule has 0 aliphatic carbocycles. The molecule has 0 unspecified atom stereocenters. The first kappa shape index (κ1) is 8.94. The summed E-state index contributed by atoms with van der Waals surface area (Å²) in [7, 11) is 0. The summed E-state index contributed by atoms with van der Waals surface area (Å²) in [6.07, 6.45) is 0.0359. The van der Waals surface area contributed by atoms with E-state index in [1.165, 1.54) is 0 Å². The molecule has 0 radical (unpaired) electrons. The van der Waals surface area contributed by atoms with Gasteiger partial charge in [-0.25, -0.2) is 0 Å². The molecule has 0 saturated carbocycles. The van der Waals surface area contributed by atoms with Gasteiger partial charge in [-0.05, 0) is 5.92 Å². The molecule has 0 saturated heterocycles. The third-order valence-electron chi connectivity index (χ3n) is 1.15. The molecule has 0 spiro atoms. The number of carbonyl (C=O) groups is 1. The topological polar surface area (TPSA) is 75.7 Å². The zero-order valence-electron chi connectivity index (χ0n) is 6.16. The average Bonchev–Trinajstić information content (AvgIpc) is 1.81. The Balaban J connectivity index is 3.99. The summed E-state index contributed by atoms with van der Waals surface area (Å²) in [5.74, 6) is -0.404. The van der Waals surface area contributed by atoms with Crippen molar-refractivity contribution in [2.45, 2.75) is 20.3 Å². The summed E-state index contributed by atoms with van der Waals surface area (Å²) in [4.78, 5) is 10.3. The van der Waals surface area contributed by atoms with E-state index < -0.39 is 5.91 Å². The van der Waals surface area contributed by atoms with Crippen molar-refractivity contribution in [3.63, 3.8) is 0 Å². The first-order valence-corrected chi connectivity index (χ1v) is 3.07. The quantitative estimate of drug-likeness (QED) is 0.340.